The Labute approximate surface area is 145 Å². The molecule has 0 saturated carbocycles. The number of nitrogens with zero attached hydrogens (tertiary/aromatic N) is 1. The van der Waals surface area contributed by atoms with Gasteiger partial charge in [-0.05, 0) is 56.5 Å². The highest BCUT2D eigenvalue weighted by atomic mass is 16.5. The van der Waals surface area contributed by atoms with Crippen molar-refractivity contribution in [3.05, 3.63) is 59.1 Å². The summed E-state index contributed by atoms with van der Waals surface area (Å²) >= 11 is 0. The number of rotatable bonds is 4. The second-order valence-electron chi connectivity index (χ2n) is 6.10. The zero-order valence-corrected chi connectivity index (χ0v) is 14.2. The number of carbonyl (C=O) groups excluding carboxylic acids is 1. The van der Waals surface area contributed by atoms with Crippen molar-refractivity contribution in [2.45, 2.75) is 32.8 Å². The van der Waals surface area contributed by atoms with Gasteiger partial charge in [-0.2, -0.15) is 0 Å². The van der Waals surface area contributed by atoms with Crippen molar-refractivity contribution in [3.8, 4) is 5.75 Å². The highest BCUT2D eigenvalue weighted by Gasteiger charge is 2.26. The molecule has 1 aromatic carbocycles. The number of benzene rings is 1. The molecule has 0 spiro atoms. The quantitative estimate of drug-likeness (QED) is 0.661. The third-order valence-electron chi connectivity index (χ3n) is 4.50. The number of hydrogen-bond donors (Lipinski definition) is 0. The molecule has 1 atom stereocenters. The predicted molar refractivity (Wildman–Crippen MR) is 92.8 cm³/mol. The average Bonchev–Trinajstić information content (AvgIpc) is 3.15. The van der Waals surface area contributed by atoms with Gasteiger partial charge in [0.05, 0.1) is 12.3 Å². The molecule has 0 fully saturated rings. The molecule has 3 aromatic rings. The van der Waals surface area contributed by atoms with E-state index in [0.717, 1.165) is 18.5 Å². The van der Waals surface area contributed by atoms with Crippen molar-refractivity contribution in [2.24, 2.45) is 0 Å². The van der Waals surface area contributed by atoms with Gasteiger partial charge < -0.3 is 13.9 Å². The Bertz CT molecular complexity index is 944. The van der Waals surface area contributed by atoms with E-state index >= 15 is 0 Å². The van der Waals surface area contributed by atoms with Gasteiger partial charge in [-0.25, -0.2) is 4.79 Å². The number of fused-ring (bicyclic) bond motifs is 2. The molecule has 25 heavy (non-hydrogen) atoms. The lowest BCUT2D eigenvalue weighted by Crippen LogP contribution is -2.06. The molecule has 1 aliphatic carbocycles. The number of ether oxygens (including phenoxy) is 2. The van der Waals surface area contributed by atoms with Crippen LogP contribution in [0.15, 0.2) is 40.9 Å². The maximum atomic E-state index is 12.2. The Balaban J connectivity index is 1.68. The van der Waals surface area contributed by atoms with Crippen LogP contribution in [0.5, 0.6) is 5.75 Å². The fraction of sp³-hybridized carbons (Fsp3) is 0.300. The summed E-state index contributed by atoms with van der Waals surface area (Å²) in [5.74, 6) is 0.879. The van der Waals surface area contributed by atoms with Crippen molar-refractivity contribution < 1.29 is 18.7 Å². The molecule has 0 N–H and O–H groups in total. The van der Waals surface area contributed by atoms with Gasteiger partial charge in [0.1, 0.15) is 28.8 Å². The highest BCUT2D eigenvalue weighted by Crippen LogP contribution is 2.35. The molecular weight excluding hydrogens is 318 g/mol. The minimum absolute atomic E-state index is 0.0623. The van der Waals surface area contributed by atoms with Crippen LogP contribution in [-0.2, 0) is 11.2 Å². The molecule has 0 amide bonds. The van der Waals surface area contributed by atoms with Crippen LogP contribution in [0, 0.1) is 6.92 Å². The van der Waals surface area contributed by atoms with Crippen LogP contribution < -0.4 is 4.74 Å². The monoisotopic (exact) mass is 337 g/mol. The molecule has 4 rings (SSSR count). The summed E-state index contributed by atoms with van der Waals surface area (Å²) in [6.07, 6.45) is 3.60. The number of hydrogen-bond acceptors (Lipinski definition) is 5. The molecule has 1 aliphatic rings. The van der Waals surface area contributed by atoms with Gasteiger partial charge >= 0.3 is 5.97 Å². The highest BCUT2D eigenvalue weighted by molar-refractivity contribution is 6.04. The Morgan fingerprint density at radius 3 is 3.08 bits per heavy atom. The fourth-order valence-electron chi connectivity index (χ4n) is 3.38. The summed E-state index contributed by atoms with van der Waals surface area (Å²) in [6.45, 7) is 3.88. The predicted octanol–water partition coefficient (Wildman–Crippen LogP) is 4.38. The molecule has 0 aliphatic heterocycles. The molecule has 1 unspecified atom stereocenters. The third kappa shape index (κ3) is 2.76. The Morgan fingerprint density at radius 1 is 1.36 bits per heavy atom. The van der Waals surface area contributed by atoms with E-state index in [9.17, 15) is 4.79 Å². The summed E-state index contributed by atoms with van der Waals surface area (Å²) in [7, 11) is 0. The first kappa shape index (κ1) is 15.7. The first-order chi connectivity index (χ1) is 12.2. The lowest BCUT2D eigenvalue weighted by molar-refractivity contribution is 0.0526. The van der Waals surface area contributed by atoms with Crippen molar-refractivity contribution in [1.82, 2.24) is 4.98 Å². The lowest BCUT2D eigenvalue weighted by atomic mass is 10.1. The van der Waals surface area contributed by atoms with E-state index < -0.39 is 0 Å². The number of carbonyl (C=O) groups is 1. The van der Waals surface area contributed by atoms with Crippen LogP contribution >= 0.6 is 0 Å². The topological polar surface area (TPSA) is 61.6 Å². The van der Waals surface area contributed by atoms with Gasteiger partial charge in [-0.1, -0.05) is 6.07 Å². The molecular formula is C20H19NO4. The van der Waals surface area contributed by atoms with Crippen LogP contribution in [0.4, 0.5) is 0 Å². The number of furan rings is 1. The van der Waals surface area contributed by atoms with E-state index in [4.69, 9.17) is 13.9 Å². The number of aryl methyl sites for hydroxylation is 2. The van der Waals surface area contributed by atoms with Crippen molar-refractivity contribution >= 4 is 16.9 Å². The standard InChI is InChI=1S/C20H19NO4/c1-3-23-20(22)18-12(2)24-16-9-7-14(11-15(16)18)25-17-8-6-13-5-4-10-21-19(13)17/h4-5,7,9-11,17H,3,6,8H2,1-2H3. The summed E-state index contributed by atoms with van der Waals surface area (Å²) in [5, 5.41) is 0.715. The van der Waals surface area contributed by atoms with Gasteiger partial charge in [0.15, 0.2) is 0 Å². The number of aromatic nitrogens is 1. The van der Waals surface area contributed by atoms with Crippen molar-refractivity contribution in [3.63, 3.8) is 0 Å². The van der Waals surface area contributed by atoms with E-state index in [1.807, 2.05) is 24.3 Å². The molecule has 5 nitrogen and oxygen atoms in total. The third-order valence-corrected chi connectivity index (χ3v) is 4.50. The molecule has 2 heterocycles. The van der Waals surface area contributed by atoms with Gasteiger partial charge in [-0.15, -0.1) is 0 Å². The zero-order valence-electron chi connectivity index (χ0n) is 14.2. The van der Waals surface area contributed by atoms with Crippen LogP contribution in [-0.4, -0.2) is 17.6 Å². The zero-order chi connectivity index (χ0) is 17.4. The molecule has 0 saturated heterocycles. The average molecular weight is 337 g/mol. The maximum absolute atomic E-state index is 12.2. The van der Waals surface area contributed by atoms with Gasteiger partial charge in [0, 0.05) is 11.6 Å². The summed E-state index contributed by atoms with van der Waals surface area (Å²) in [4.78, 5) is 16.7. The minimum atomic E-state index is -0.372. The molecule has 2 aromatic heterocycles. The van der Waals surface area contributed by atoms with Gasteiger partial charge in [-0.3, -0.25) is 4.98 Å². The smallest absolute Gasteiger partial charge is 0.342 e. The summed E-state index contributed by atoms with van der Waals surface area (Å²) in [6, 6.07) is 9.58. The van der Waals surface area contributed by atoms with Crippen LogP contribution in [0.2, 0.25) is 0 Å². The molecule has 0 radical (unpaired) electrons. The largest absolute Gasteiger partial charge is 0.484 e. The molecule has 5 heteroatoms. The fourth-order valence-corrected chi connectivity index (χ4v) is 3.38. The van der Waals surface area contributed by atoms with E-state index in [0.29, 0.717) is 34.6 Å². The normalized spacial score (nSPS) is 16.0. The first-order valence-corrected chi connectivity index (χ1v) is 8.48. The SMILES string of the molecule is CCOC(=O)c1c(C)oc2ccc(OC3CCc4cccnc43)cc12. The Morgan fingerprint density at radius 2 is 2.24 bits per heavy atom. The van der Waals surface area contributed by atoms with Gasteiger partial charge in [0.2, 0.25) is 0 Å². The Hall–Kier alpha value is -2.82. The second kappa shape index (κ2) is 6.24. The number of esters is 1. The number of pyridine rings is 1. The maximum Gasteiger partial charge on any atom is 0.342 e. The Kier molecular flexibility index (Phi) is 3.92. The van der Waals surface area contributed by atoms with E-state index in [1.165, 1.54) is 5.56 Å². The van der Waals surface area contributed by atoms with Crippen LogP contribution in [0.1, 0.15) is 46.8 Å². The minimum Gasteiger partial charge on any atom is -0.484 e. The van der Waals surface area contributed by atoms with Crippen LogP contribution in [0.3, 0.4) is 0 Å². The second-order valence-corrected chi connectivity index (χ2v) is 6.10. The lowest BCUT2D eigenvalue weighted by Gasteiger charge is -2.14. The molecule has 0 bridgehead atoms. The van der Waals surface area contributed by atoms with E-state index in [-0.39, 0.29) is 12.1 Å². The summed E-state index contributed by atoms with van der Waals surface area (Å²) < 4.78 is 17.0. The van der Waals surface area contributed by atoms with E-state index in [2.05, 4.69) is 11.1 Å². The molecule has 128 valence electrons. The summed E-state index contributed by atoms with van der Waals surface area (Å²) in [5.41, 5.74) is 3.35. The van der Waals surface area contributed by atoms with E-state index in [1.54, 1.807) is 20.0 Å². The van der Waals surface area contributed by atoms with Crippen molar-refractivity contribution in [2.75, 3.05) is 6.61 Å². The van der Waals surface area contributed by atoms with Crippen molar-refractivity contribution in [1.29, 1.82) is 0 Å². The van der Waals surface area contributed by atoms with Crippen LogP contribution in [0.25, 0.3) is 11.0 Å². The van der Waals surface area contributed by atoms with Gasteiger partial charge in [0.25, 0.3) is 0 Å². The first-order valence-electron chi connectivity index (χ1n) is 8.48.